The summed E-state index contributed by atoms with van der Waals surface area (Å²) in [7, 11) is 0. The molecule has 0 spiro atoms. The predicted octanol–water partition coefficient (Wildman–Crippen LogP) is 3.28. The highest BCUT2D eigenvalue weighted by Gasteiger charge is 2.37. The largest absolute Gasteiger partial charge is 0.466 e. The van der Waals surface area contributed by atoms with E-state index in [1.807, 2.05) is 19.1 Å². The molecule has 11 heteroatoms. The molecule has 0 saturated carbocycles. The molecule has 0 bridgehead atoms. The normalized spacial score (nSPS) is 12.6. The van der Waals surface area contributed by atoms with Gasteiger partial charge in [0.2, 0.25) is 17.7 Å². The van der Waals surface area contributed by atoms with E-state index < -0.39 is 53.9 Å². The third-order valence-corrected chi connectivity index (χ3v) is 5.91. The van der Waals surface area contributed by atoms with Crippen molar-refractivity contribution in [1.29, 1.82) is 0 Å². The fourth-order valence-corrected chi connectivity index (χ4v) is 4.09. The third kappa shape index (κ3) is 12.5. The zero-order valence-corrected chi connectivity index (χ0v) is 24.7. The number of rotatable bonds is 16. The number of nitrogens with two attached hydrogens (primary N) is 1. The molecule has 0 heterocycles. The first-order valence-electron chi connectivity index (χ1n) is 13.9. The van der Waals surface area contributed by atoms with Gasteiger partial charge in [-0.3, -0.25) is 19.2 Å². The van der Waals surface area contributed by atoms with Crippen LogP contribution in [0.2, 0.25) is 0 Å². The van der Waals surface area contributed by atoms with E-state index in [2.05, 4.69) is 17.6 Å². The summed E-state index contributed by atoms with van der Waals surface area (Å²) in [5.74, 6) is -2.40. The maximum absolute atomic E-state index is 14.0. The molecule has 0 aromatic heterocycles. The van der Waals surface area contributed by atoms with Gasteiger partial charge in [0.15, 0.2) is 0 Å². The van der Waals surface area contributed by atoms with Crippen molar-refractivity contribution in [2.45, 2.75) is 97.8 Å². The number of primary amides is 1. The first kappa shape index (κ1) is 34.4. The van der Waals surface area contributed by atoms with Crippen LogP contribution in [0, 0.1) is 6.92 Å². The van der Waals surface area contributed by atoms with Crippen molar-refractivity contribution in [2.75, 3.05) is 19.7 Å². The fourth-order valence-electron chi connectivity index (χ4n) is 4.09. The van der Waals surface area contributed by atoms with Crippen molar-refractivity contribution in [1.82, 2.24) is 15.5 Å². The maximum Gasteiger partial charge on any atom is 0.408 e. The summed E-state index contributed by atoms with van der Waals surface area (Å²) in [6.07, 6.45) is 1.91. The minimum atomic E-state index is -1.35. The highest BCUT2D eigenvalue weighted by Crippen LogP contribution is 2.26. The summed E-state index contributed by atoms with van der Waals surface area (Å²) in [6.45, 7) is 11.0. The van der Waals surface area contributed by atoms with E-state index in [9.17, 15) is 24.0 Å². The number of aryl methyl sites for hydroxylation is 1. The molecule has 4 N–H and O–H groups in total. The van der Waals surface area contributed by atoms with Crippen LogP contribution in [0.4, 0.5) is 4.79 Å². The summed E-state index contributed by atoms with van der Waals surface area (Å²) < 4.78 is 10.2. The molecular weight excluding hydrogens is 516 g/mol. The van der Waals surface area contributed by atoms with Gasteiger partial charge in [-0.2, -0.15) is 0 Å². The molecular formula is C29H46N4O7. The van der Waals surface area contributed by atoms with Crippen LogP contribution in [0.15, 0.2) is 24.3 Å². The molecule has 1 aromatic rings. The van der Waals surface area contributed by atoms with Crippen molar-refractivity contribution in [3.05, 3.63) is 35.4 Å². The highest BCUT2D eigenvalue weighted by molar-refractivity contribution is 5.94. The number of benzene rings is 1. The Morgan fingerprint density at radius 2 is 1.70 bits per heavy atom. The predicted molar refractivity (Wildman–Crippen MR) is 151 cm³/mol. The van der Waals surface area contributed by atoms with E-state index in [0.29, 0.717) is 12.0 Å². The number of alkyl carbamates (subject to hydrolysis) is 1. The molecule has 0 aliphatic rings. The topological polar surface area (TPSA) is 157 Å². The van der Waals surface area contributed by atoms with Crippen LogP contribution in [0.25, 0.3) is 0 Å². The van der Waals surface area contributed by atoms with E-state index in [1.54, 1.807) is 39.8 Å². The summed E-state index contributed by atoms with van der Waals surface area (Å²) in [6, 6.07) is 4.73. The SMILES string of the molecule is CCCCCCN(C(=O)C(CC(N)=O)NC(=O)OC(C)(C)C)C(C(=O)NCCC(=O)OCC)c1ccccc1C. The van der Waals surface area contributed by atoms with Crippen LogP contribution in [0.1, 0.15) is 90.3 Å². The smallest absolute Gasteiger partial charge is 0.408 e. The Hall–Kier alpha value is -3.63. The summed E-state index contributed by atoms with van der Waals surface area (Å²) in [4.78, 5) is 65.4. The summed E-state index contributed by atoms with van der Waals surface area (Å²) in [5.41, 5.74) is 5.95. The Labute approximate surface area is 237 Å². The molecule has 2 unspecified atom stereocenters. The van der Waals surface area contributed by atoms with E-state index in [-0.39, 0.29) is 26.1 Å². The van der Waals surface area contributed by atoms with Gasteiger partial charge in [0.05, 0.1) is 19.4 Å². The number of carbonyl (C=O) groups is 5. The third-order valence-electron chi connectivity index (χ3n) is 5.91. The molecule has 0 radical (unpaired) electrons. The maximum atomic E-state index is 14.0. The minimum Gasteiger partial charge on any atom is -0.466 e. The average molecular weight is 563 g/mol. The van der Waals surface area contributed by atoms with Gasteiger partial charge in [0, 0.05) is 13.1 Å². The number of nitrogens with zero attached hydrogens (tertiary/aromatic N) is 1. The summed E-state index contributed by atoms with van der Waals surface area (Å²) in [5, 5.41) is 5.22. The molecule has 0 saturated heterocycles. The minimum absolute atomic E-state index is 0.0127. The van der Waals surface area contributed by atoms with Crippen molar-refractivity contribution < 1.29 is 33.4 Å². The van der Waals surface area contributed by atoms with Gasteiger partial charge in [0.25, 0.3) is 0 Å². The van der Waals surface area contributed by atoms with Gasteiger partial charge in [0.1, 0.15) is 17.7 Å². The quantitative estimate of drug-likeness (QED) is 0.206. The van der Waals surface area contributed by atoms with Crippen molar-refractivity contribution in [2.24, 2.45) is 5.73 Å². The van der Waals surface area contributed by atoms with Crippen molar-refractivity contribution in [3.8, 4) is 0 Å². The second-order valence-electron chi connectivity index (χ2n) is 10.6. The van der Waals surface area contributed by atoms with Crippen LogP contribution in [0.3, 0.4) is 0 Å². The number of hydrogen-bond donors (Lipinski definition) is 3. The first-order valence-corrected chi connectivity index (χ1v) is 13.9. The molecule has 4 amide bonds. The number of carbonyl (C=O) groups excluding carboxylic acids is 5. The van der Waals surface area contributed by atoms with Crippen molar-refractivity contribution >= 4 is 29.8 Å². The molecule has 40 heavy (non-hydrogen) atoms. The van der Waals surface area contributed by atoms with Crippen LogP contribution >= 0.6 is 0 Å². The van der Waals surface area contributed by atoms with Crippen molar-refractivity contribution in [3.63, 3.8) is 0 Å². The van der Waals surface area contributed by atoms with Gasteiger partial charge >= 0.3 is 12.1 Å². The average Bonchev–Trinajstić information content (AvgIpc) is 2.84. The lowest BCUT2D eigenvalue weighted by molar-refractivity contribution is -0.144. The number of amides is 4. The second-order valence-corrected chi connectivity index (χ2v) is 10.6. The zero-order chi connectivity index (χ0) is 30.3. The summed E-state index contributed by atoms with van der Waals surface area (Å²) >= 11 is 0. The second kappa shape index (κ2) is 17.1. The lowest BCUT2D eigenvalue weighted by atomic mass is 9.97. The lowest BCUT2D eigenvalue weighted by Crippen LogP contribution is -2.54. The zero-order valence-electron chi connectivity index (χ0n) is 24.7. The monoisotopic (exact) mass is 562 g/mol. The van der Waals surface area contributed by atoms with Gasteiger partial charge < -0.3 is 30.7 Å². The van der Waals surface area contributed by atoms with E-state index in [4.69, 9.17) is 15.2 Å². The van der Waals surface area contributed by atoms with Gasteiger partial charge in [-0.05, 0) is 52.2 Å². The molecule has 224 valence electrons. The lowest BCUT2D eigenvalue weighted by Gasteiger charge is -2.35. The van der Waals surface area contributed by atoms with E-state index in [0.717, 1.165) is 24.8 Å². The number of nitrogens with one attached hydrogen (secondary N) is 2. The van der Waals surface area contributed by atoms with Gasteiger partial charge in [-0.15, -0.1) is 0 Å². The number of hydrogen-bond acceptors (Lipinski definition) is 7. The Morgan fingerprint density at radius 3 is 2.27 bits per heavy atom. The van der Waals surface area contributed by atoms with Crippen LogP contribution in [-0.4, -0.2) is 66.0 Å². The van der Waals surface area contributed by atoms with Crippen LogP contribution in [0.5, 0.6) is 0 Å². The van der Waals surface area contributed by atoms with E-state index in [1.165, 1.54) is 4.90 Å². The highest BCUT2D eigenvalue weighted by atomic mass is 16.6. The Balaban J connectivity index is 3.46. The number of unbranched alkanes of at least 4 members (excludes halogenated alkanes) is 3. The Morgan fingerprint density at radius 1 is 1.02 bits per heavy atom. The molecule has 0 fully saturated rings. The Bertz CT molecular complexity index is 1010. The molecule has 11 nitrogen and oxygen atoms in total. The standard InChI is InChI=1S/C29H46N4O7/c1-7-9-10-13-18-33(27(37)22(19-23(30)34)32-28(38)40-29(4,5)6)25(21-15-12-11-14-20(21)3)26(36)31-17-16-24(35)39-8-2/h11-12,14-15,22,25H,7-10,13,16-19H2,1-6H3,(H2,30,34)(H,31,36)(H,32,38). The fraction of sp³-hybridized carbons (Fsp3) is 0.621. The molecule has 1 aromatic carbocycles. The van der Waals surface area contributed by atoms with Gasteiger partial charge in [-0.25, -0.2) is 4.79 Å². The number of ether oxygens (including phenoxy) is 2. The van der Waals surface area contributed by atoms with Crippen LogP contribution in [-0.2, 0) is 28.7 Å². The molecule has 2 atom stereocenters. The molecule has 0 aliphatic heterocycles. The van der Waals surface area contributed by atoms with Gasteiger partial charge in [-0.1, -0.05) is 50.5 Å². The van der Waals surface area contributed by atoms with Crippen LogP contribution < -0.4 is 16.4 Å². The molecule has 1 rings (SSSR count). The van der Waals surface area contributed by atoms with E-state index >= 15 is 0 Å². The molecule has 0 aliphatic carbocycles. The Kier molecular flexibility index (Phi) is 14.7. The first-order chi connectivity index (χ1) is 18.8. The number of esters is 1.